The minimum atomic E-state index is -0.614. The number of para-hydroxylation sites is 2. The molecule has 2 heterocycles. The summed E-state index contributed by atoms with van der Waals surface area (Å²) in [7, 11) is 1.55. The molecule has 1 unspecified atom stereocenters. The Bertz CT molecular complexity index is 1380. The first-order valence-corrected chi connectivity index (χ1v) is 10.7. The molecule has 5 rings (SSSR count). The van der Waals surface area contributed by atoms with Gasteiger partial charge in [0.1, 0.15) is 17.6 Å². The number of hydrogen-bond donors (Lipinski definition) is 2. The smallest absolute Gasteiger partial charge is 0.255 e. The first kappa shape index (κ1) is 21.4. The molecule has 0 spiro atoms. The van der Waals surface area contributed by atoms with Gasteiger partial charge in [-0.05, 0) is 36.8 Å². The summed E-state index contributed by atoms with van der Waals surface area (Å²) in [5, 5.41) is 10.9. The molecule has 0 fully saturated rings. The van der Waals surface area contributed by atoms with E-state index in [0.29, 0.717) is 40.0 Å². The van der Waals surface area contributed by atoms with E-state index in [0.717, 1.165) is 5.56 Å². The standard InChI is InChI=1S/C26H22FN5O2/c1-16-22(25(33)29-20-10-6-7-11-21(20)34-2)23(17-12-14-19(27)15-13-17)32-26(28-16)30-24(31-32)18-8-4-3-5-9-18/h3-15,23H,1-2H3,(H,29,33)(H,28,30,31). The van der Waals surface area contributed by atoms with Crippen LogP contribution in [0.2, 0.25) is 0 Å². The molecule has 0 bridgehead atoms. The maximum atomic E-state index is 13.7. The zero-order valence-electron chi connectivity index (χ0n) is 18.6. The SMILES string of the molecule is COc1ccccc1NC(=O)C1=C(C)Nc2nc(-c3ccccc3)nn2C1c1ccc(F)cc1. The molecule has 0 aliphatic carbocycles. The predicted octanol–water partition coefficient (Wildman–Crippen LogP) is 5.02. The van der Waals surface area contributed by atoms with E-state index < -0.39 is 6.04 Å². The molecule has 1 aromatic heterocycles. The summed E-state index contributed by atoms with van der Waals surface area (Å²) in [6.07, 6.45) is 0. The van der Waals surface area contributed by atoms with E-state index >= 15 is 0 Å². The number of halogens is 1. The summed E-state index contributed by atoms with van der Waals surface area (Å²) in [5.41, 5.74) is 3.16. The molecule has 0 saturated heterocycles. The van der Waals surface area contributed by atoms with Crippen LogP contribution in [0.1, 0.15) is 18.5 Å². The number of fused-ring (bicyclic) bond motifs is 1. The third kappa shape index (κ3) is 3.90. The minimum absolute atomic E-state index is 0.328. The van der Waals surface area contributed by atoms with Gasteiger partial charge in [0.05, 0.1) is 18.4 Å². The lowest BCUT2D eigenvalue weighted by molar-refractivity contribution is -0.113. The van der Waals surface area contributed by atoms with Gasteiger partial charge in [-0.2, -0.15) is 4.98 Å². The van der Waals surface area contributed by atoms with Gasteiger partial charge in [-0.15, -0.1) is 5.10 Å². The number of rotatable bonds is 5. The van der Waals surface area contributed by atoms with Gasteiger partial charge in [0.2, 0.25) is 5.95 Å². The summed E-state index contributed by atoms with van der Waals surface area (Å²) >= 11 is 0. The fraction of sp³-hybridized carbons (Fsp3) is 0.115. The number of benzene rings is 3. The van der Waals surface area contributed by atoms with Crippen molar-refractivity contribution in [2.75, 3.05) is 17.7 Å². The summed E-state index contributed by atoms with van der Waals surface area (Å²) in [5.74, 6) is 0.881. The van der Waals surface area contributed by atoms with E-state index in [4.69, 9.17) is 9.84 Å². The van der Waals surface area contributed by atoms with Crippen molar-refractivity contribution in [2.45, 2.75) is 13.0 Å². The van der Waals surface area contributed by atoms with Crippen molar-refractivity contribution in [2.24, 2.45) is 0 Å². The fourth-order valence-electron chi connectivity index (χ4n) is 4.05. The normalized spacial score (nSPS) is 14.9. The summed E-state index contributed by atoms with van der Waals surface area (Å²) < 4.78 is 20.8. The Morgan fingerprint density at radius 2 is 1.74 bits per heavy atom. The Labute approximate surface area is 195 Å². The number of carbonyl (C=O) groups is 1. The number of amides is 1. The largest absolute Gasteiger partial charge is 0.495 e. The summed E-state index contributed by atoms with van der Waals surface area (Å²) in [6.45, 7) is 1.81. The molecule has 0 radical (unpaired) electrons. The van der Waals surface area contributed by atoms with Gasteiger partial charge in [0.25, 0.3) is 5.91 Å². The van der Waals surface area contributed by atoms with Crippen LogP contribution in [0.5, 0.6) is 5.75 Å². The summed E-state index contributed by atoms with van der Waals surface area (Å²) in [4.78, 5) is 18.2. The van der Waals surface area contributed by atoms with Gasteiger partial charge in [-0.25, -0.2) is 9.07 Å². The first-order chi connectivity index (χ1) is 16.5. The molecule has 2 N–H and O–H groups in total. The molecule has 3 aromatic carbocycles. The molecule has 7 nitrogen and oxygen atoms in total. The second kappa shape index (κ2) is 8.82. The van der Waals surface area contributed by atoms with Crippen LogP contribution < -0.4 is 15.4 Å². The third-order valence-electron chi connectivity index (χ3n) is 5.67. The number of nitrogens with zero attached hydrogens (tertiary/aromatic N) is 3. The molecule has 1 amide bonds. The van der Waals surface area contributed by atoms with Crippen LogP contribution in [0.15, 0.2) is 90.1 Å². The molecule has 34 heavy (non-hydrogen) atoms. The monoisotopic (exact) mass is 455 g/mol. The second-order valence-electron chi connectivity index (χ2n) is 7.84. The number of anilines is 2. The van der Waals surface area contributed by atoms with Crippen LogP contribution >= 0.6 is 0 Å². The van der Waals surface area contributed by atoms with Gasteiger partial charge in [-0.1, -0.05) is 54.6 Å². The highest BCUT2D eigenvalue weighted by atomic mass is 19.1. The lowest BCUT2D eigenvalue weighted by atomic mass is 9.95. The van der Waals surface area contributed by atoms with Gasteiger partial charge in [0, 0.05) is 11.3 Å². The zero-order valence-corrected chi connectivity index (χ0v) is 18.6. The Morgan fingerprint density at radius 3 is 2.47 bits per heavy atom. The minimum Gasteiger partial charge on any atom is -0.495 e. The second-order valence-corrected chi connectivity index (χ2v) is 7.84. The molecule has 1 aliphatic heterocycles. The lowest BCUT2D eigenvalue weighted by Crippen LogP contribution is -2.31. The average Bonchev–Trinajstić information content (AvgIpc) is 3.28. The van der Waals surface area contributed by atoms with Crippen molar-refractivity contribution in [3.05, 3.63) is 102 Å². The number of hydrogen-bond acceptors (Lipinski definition) is 5. The van der Waals surface area contributed by atoms with E-state index in [1.54, 1.807) is 36.1 Å². The van der Waals surface area contributed by atoms with Crippen molar-refractivity contribution in [1.82, 2.24) is 14.8 Å². The van der Waals surface area contributed by atoms with Crippen LogP contribution in [-0.2, 0) is 4.79 Å². The number of nitrogens with one attached hydrogen (secondary N) is 2. The average molecular weight is 455 g/mol. The van der Waals surface area contributed by atoms with Gasteiger partial charge < -0.3 is 15.4 Å². The Balaban J connectivity index is 1.60. The number of ether oxygens (including phenoxy) is 1. The number of methoxy groups -OCH3 is 1. The van der Waals surface area contributed by atoms with Gasteiger partial charge in [0.15, 0.2) is 5.82 Å². The molecule has 4 aromatic rings. The summed E-state index contributed by atoms with van der Waals surface area (Å²) in [6, 6.07) is 22.2. The van der Waals surface area contributed by atoms with Crippen molar-refractivity contribution < 1.29 is 13.9 Å². The van der Waals surface area contributed by atoms with Crippen LogP contribution in [0.4, 0.5) is 16.0 Å². The maximum Gasteiger partial charge on any atom is 0.255 e. The highest BCUT2D eigenvalue weighted by molar-refractivity contribution is 6.06. The maximum absolute atomic E-state index is 13.7. The number of allylic oxidation sites excluding steroid dienone is 1. The first-order valence-electron chi connectivity index (χ1n) is 10.7. The molecule has 170 valence electrons. The quantitative estimate of drug-likeness (QED) is 0.442. The molecular formula is C26H22FN5O2. The highest BCUT2D eigenvalue weighted by Crippen LogP contribution is 2.37. The van der Waals surface area contributed by atoms with Gasteiger partial charge >= 0.3 is 0 Å². The Hall–Kier alpha value is -4.46. The van der Waals surface area contributed by atoms with Crippen molar-refractivity contribution in [1.29, 1.82) is 0 Å². The van der Waals surface area contributed by atoms with E-state index in [-0.39, 0.29) is 11.7 Å². The van der Waals surface area contributed by atoms with Crippen molar-refractivity contribution in [3.63, 3.8) is 0 Å². The van der Waals surface area contributed by atoms with Crippen molar-refractivity contribution in [3.8, 4) is 17.1 Å². The number of carbonyl (C=O) groups excluding carboxylic acids is 1. The molecule has 1 atom stereocenters. The zero-order chi connectivity index (χ0) is 23.7. The van der Waals surface area contributed by atoms with Crippen LogP contribution in [0.3, 0.4) is 0 Å². The van der Waals surface area contributed by atoms with Gasteiger partial charge in [-0.3, -0.25) is 4.79 Å². The van der Waals surface area contributed by atoms with E-state index in [1.165, 1.54) is 12.1 Å². The van der Waals surface area contributed by atoms with Crippen LogP contribution in [-0.4, -0.2) is 27.8 Å². The van der Waals surface area contributed by atoms with Crippen LogP contribution in [0.25, 0.3) is 11.4 Å². The highest BCUT2D eigenvalue weighted by Gasteiger charge is 2.34. The van der Waals surface area contributed by atoms with E-state index in [1.807, 2.05) is 49.4 Å². The molecular weight excluding hydrogens is 433 g/mol. The third-order valence-corrected chi connectivity index (χ3v) is 5.67. The van der Waals surface area contributed by atoms with Crippen molar-refractivity contribution >= 4 is 17.5 Å². The lowest BCUT2D eigenvalue weighted by Gasteiger charge is -2.28. The Morgan fingerprint density at radius 1 is 1.03 bits per heavy atom. The molecule has 1 aliphatic rings. The van der Waals surface area contributed by atoms with E-state index in [2.05, 4.69) is 15.6 Å². The predicted molar refractivity (Wildman–Crippen MR) is 128 cm³/mol. The fourth-order valence-corrected chi connectivity index (χ4v) is 4.05. The molecule has 0 saturated carbocycles. The number of aromatic nitrogens is 3. The topological polar surface area (TPSA) is 81.1 Å². The Kier molecular flexibility index (Phi) is 5.55. The van der Waals surface area contributed by atoms with Crippen LogP contribution in [0, 0.1) is 5.82 Å². The van der Waals surface area contributed by atoms with E-state index in [9.17, 15) is 9.18 Å². The molecule has 8 heteroatoms.